The van der Waals surface area contributed by atoms with E-state index in [0.717, 1.165) is 48.3 Å². The second-order valence-corrected chi connectivity index (χ2v) is 12.2. The smallest absolute Gasteiger partial charge is 0.337 e. The monoisotopic (exact) mass is 549 g/mol. The van der Waals surface area contributed by atoms with Crippen molar-refractivity contribution in [2.75, 3.05) is 24.6 Å². The van der Waals surface area contributed by atoms with Crippen LogP contribution in [0.25, 0.3) is 11.1 Å². The number of halogens is 1. The van der Waals surface area contributed by atoms with Crippen LogP contribution in [0.1, 0.15) is 70.4 Å². The van der Waals surface area contributed by atoms with Gasteiger partial charge in [0.2, 0.25) is 5.88 Å². The molecule has 1 fully saturated rings. The Hall–Kier alpha value is -3.52. The summed E-state index contributed by atoms with van der Waals surface area (Å²) in [7, 11) is 0. The zero-order chi connectivity index (χ0) is 29.1. The summed E-state index contributed by atoms with van der Waals surface area (Å²) in [4.78, 5) is 24.0. The standard InChI is InChI=1S/C32H40FN3O4/c1-21-27(29(30(37)38)40-31(2,3)4)28(36-15-13-32(5,6)14-16-36)25(20-34-21)23-10-11-26(35-19-23)39-17-12-22-8-7-9-24(33)18-22/h7-11,18-20,29H,12-17H2,1-6H3,(H,37,38). The fraction of sp³-hybridized carbons (Fsp3) is 0.469. The van der Waals surface area contributed by atoms with Gasteiger partial charge < -0.3 is 19.5 Å². The summed E-state index contributed by atoms with van der Waals surface area (Å²) in [5.74, 6) is -0.853. The van der Waals surface area contributed by atoms with Gasteiger partial charge in [-0.2, -0.15) is 0 Å². The summed E-state index contributed by atoms with van der Waals surface area (Å²) in [6.45, 7) is 13.9. The number of carbonyl (C=O) groups is 1. The molecule has 3 aromatic rings. The molecule has 40 heavy (non-hydrogen) atoms. The Kier molecular flexibility index (Phi) is 8.78. The van der Waals surface area contributed by atoms with Crippen LogP contribution < -0.4 is 9.64 Å². The molecule has 1 aliphatic heterocycles. The Morgan fingerprint density at radius 1 is 1.12 bits per heavy atom. The Bertz CT molecular complexity index is 1320. The molecule has 1 unspecified atom stereocenters. The number of carboxylic acids is 1. The number of aromatic nitrogens is 2. The maximum atomic E-state index is 13.5. The number of nitrogens with zero attached hydrogens (tertiary/aromatic N) is 3. The van der Waals surface area contributed by atoms with Crippen molar-refractivity contribution >= 4 is 11.7 Å². The molecule has 2 aromatic heterocycles. The molecule has 1 aliphatic rings. The number of aryl methyl sites for hydroxylation is 1. The van der Waals surface area contributed by atoms with Gasteiger partial charge in [-0.05, 0) is 69.7 Å². The highest BCUT2D eigenvalue weighted by molar-refractivity contribution is 5.86. The first-order valence-electron chi connectivity index (χ1n) is 13.8. The van der Waals surface area contributed by atoms with Gasteiger partial charge in [-0.1, -0.05) is 26.0 Å². The second-order valence-electron chi connectivity index (χ2n) is 12.2. The van der Waals surface area contributed by atoms with Crippen LogP contribution in [0, 0.1) is 18.2 Å². The van der Waals surface area contributed by atoms with Gasteiger partial charge in [0.25, 0.3) is 0 Å². The zero-order valence-corrected chi connectivity index (χ0v) is 24.3. The molecule has 0 aliphatic carbocycles. The molecule has 3 heterocycles. The Labute approximate surface area is 236 Å². The number of hydrogen-bond donors (Lipinski definition) is 1. The average Bonchev–Trinajstić information content (AvgIpc) is 2.87. The SMILES string of the molecule is Cc1ncc(-c2ccc(OCCc3cccc(F)c3)nc2)c(N2CCC(C)(C)CC2)c1C(OC(C)(C)C)C(=O)O. The third-order valence-corrected chi connectivity index (χ3v) is 7.26. The first-order valence-corrected chi connectivity index (χ1v) is 13.8. The number of anilines is 1. The minimum absolute atomic E-state index is 0.221. The highest BCUT2D eigenvalue weighted by Gasteiger charge is 2.35. The van der Waals surface area contributed by atoms with Crippen LogP contribution in [0.4, 0.5) is 10.1 Å². The molecule has 1 saturated heterocycles. The van der Waals surface area contributed by atoms with Gasteiger partial charge in [-0.15, -0.1) is 0 Å². The number of pyridine rings is 2. The lowest BCUT2D eigenvalue weighted by Crippen LogP contribution is -2.39. The fourth-order valence-electron chi connectivity index (χ4n) is 4.99. The summed E-state index contributed by atoms with van der Waals surface area (Å²) in [5.41, 5.74) is 4.07. The lowest BCUT2D eigenvalue weighted by molar-refractivity contribution is -0.160. The lowest BCUT2D eigenvalue weighted by Gasteiger charge is -2.40. The largest absolute Gasteiger partial charge is 0.479 e. The van der Waals surface area contributed by atoms with E-state index in [1.807, 2.05) is 39.8 Å². The number of aliphatic carboxylic acids is 1. The zero-order valence-electron chi connectivity index (χ0n) is 24.3. The summed E-state index contributed by atoms with van der Waals surface area (Å²) in [6, 6.07) is 10.2. The molecule has 8 heteroatoms. The number of benzene rings is 1. The fourth-order valence-corrected chi connectivity index (χ4v) is 4.99. The topological polar surface area (TPSA) is 84.8 Å². The summed E-state index contributed by atoms with van der Waals surface area (Å²) in [6.07, 6.45) is 4.89. The molecule has 214 valence electrons. The van der Waals surface area contributed by atoms with Crippen LogP contribution in [0.2, 0.25) is 0 Å². The van der Waals surface area contributed by atoms with Gasteiger partial charge in [0, 0.05) is 60.4 Å². The van der Waals surface area contributed by atoms with E-state index < -0.39 is 17.7 Å². The minimum atomic E-state index is -1.17. The first-order chi connectivity index (χ1) is 18.8. The van der Waals surface area contributed by atoms with Gasteiger partial charge in [0.1, 0.15) is 5.82 Å². The molecule has 7 nitrogen and oxygen atoms in total. The van der Waals surface area contributed by atoms with Gasteiger partial charge in [0.15, 0.2) is 6.10 Å². The van der Waals surface area contributed by atoms with E-state index in [-0.39, 0.29) is 11.2 Å². The molecule has 0 saturated carbocycles. The van der Waals surface area contributed by atoms with Crippen molar-refractivity contribution < 1.29 is 23.8 Å². The molecule has 4 rings (SSSR count). The van der Waals surface area contributed by atoms with Crippen molar-refractivity contribution in [2.24, 2.45) is 5.41 Å². The average molecular weight is 550 g/mol. The van der Waals surface area contributed by atoms with Crippen LogP contribution >= 0.6 is 0 Å². The Balaban J connectivity index is 1.67. The Morgan fingerprint density at radius 2 is 1.85 bits per heavy atom. The van der Waals surface area contributed by atoms with Crippen LogP contribution in [0.15, 0.2) is 48.8 Å². The van der Waals surface area contributed by atoms with Gasteiger partial charge in [0.05, 0.1) is 17.9 Å². The van der Waals surface area contributed by atoms with E-state index in [9.17, 15) is 14.3 Å². The van der Waals surface area contributed by atoms with Crippen LogP contribution in [-0.4, -0.2) is 46.3 Å². The summed E-state index contributed by atoms with van der Waals surface area (Å²) >= 11 is 0. The Morgan fingerprint density at radius 3 is 2.45 bits per heavy atom. The molecular weight excluding hydrogens is 509 g/mol. The summed E-state index contributed by atoms with van der Waals surface area (Å²) < 4.78 is 25.4. The predicted octanol–water partition coefficient (Wildman–Crippen LogP) is 6.78. The molecule has 1 aromatic carbocycles. The third-order valence-electron chi connectivity index (χ3n) is 7.26. The van der Waals surface area contributed by atoms with Gasteiger partial charge in [-0.3, -0.25) is 4.98 Å². The first kappa shape index (κ1) is 29.5. The number of carboxylic acid groups (broad SMARTS) is 1. The molecule has 0 spiro atoms. The van der Waals surface area contributed by atoms with E-state index in [1.54, 1.807) is 24.5 Å². The highest BCUT2D eigenvalue weighted by atomic mass is 19.1. The van der Waals surface area contributed by atoms with Crippen molar-refractivity contribution in [3.05, 3.63) is 71.4 Å². The molecule has 0 bridgehead atoms. The van der Waals surface area contributed by atoms with E-state index in [1.165, 1.54) is 12.1 Å². The lowest BCUT2D eigenvalue weighted by atomic mass is 9.82. The third kappa shape index (κ3) is 7.36. The number of piperidine rings is 1. The van der Waals surface area contributed by atoms with E-state index in [0.29, 0.717) is 30.2 Å². The summed E-state index contributed by atoms with van der Waals surface area (Å²) in [5, 5.41) is 10.3. The van der Waals surface area contributed by atoms with Crippen molar-refractivity contribution in [3.63, 3.8) is 0 Å². The molecular formula is C32H40FN3O4. The van der Waals surface area contributed by atoms with Gasteiger partial charge >= 0.3 is 5.97 Å². The van der Waals surface area contributed by atoms with Crippen LogP contribution in [0.3, 0.4) is 0 Å². The maximum Gasteiger partial charge on any atom is 0.337 e. The quantitative estimate of drug-likeness (QED) is 0.315. The second kappa shape index (κ2) is 11.9. The maximum absolute atomic E-state index is 13.5. The van der Waals surface area contributed by atoms with E-state index in [2.05, 4.69) is 28.7 Å². The predicted molar refractivity (Wildman–Crippen MR) is 154 cm³/mol. The van der Waals surface area contributed by atoms with Gasteiger partial charge in [-0.25, -0.2) is 14.2 Å². The van der Waals surface area contributed by atoms with E-state index in [4.69, 9.17) is 9.47 Å². The van der Waals surface area contributed by atoms with Crippen LogP contribution in [-0.2, 0) is 16.0 Å². The molecule has 0 radical (unpaired) electrons. The number of rotatable bonds is 9. The van der Waals surface area contributed by atoms with Crippen molar-refractivity contribution in [3.8, 4) is 17.0 Å². The number of ether oxygens (including phenoxy) is 2. The van der Waals surface area contributed by atoms with Crippen LogP contribution in [0.5, 0.6) is 5.88 Å². The highest BCUT2D eigenvalue weighted by Crippen LogP contribution is 2.43. The van der Waals surface area contributed by atoms with Crippen molar-refractivity contribution in [2.45, 2.75) is 72.5 Å². The van der Waals surface area contributed by atoms with E-state index >= 15 is 0 Å². The normalized spacial score (nSPS) is 16.0. The molecule has 1 atom stereocenters. The van der Waals surface area contributed by atoms with Crippen molar-refractivity contribution in [1.82, 2.24) is 9.97 Å². The molecule has 0 amide bonds. The molecule has 1 N–H and O–H groups in total. The number of hydrogen-bond acceptors (Lipinski definition) is 6. The minimum Gasteiger partial charge on any atom is -0.479 e. The van der Waals surface area contributed by atoms with Crippen molar-refractivity contribution in [1.29, 1.82) is 0 Å².